The first-order valence-corrected chi connectivity index (χ1v) is 5.61. The van der Waals surface area contributed by atoms with Crippen molar-refractivity contribution in [2.75, 3.05) is 20.1 Å². The molecule has 0 amide bonds. The molecule has 2 nitrogen and oxygen atoms in total. The van der Waals surface area contributed by atoms with Crippen LogP contribution in [-0.2, 0) is 0 Å². The fourth-order valence-corrected chi connectivity index (χ4v) is 2.73. The molecule has 0 bridgehead atoms. The van der Waals surface area contributed by atoms with Crippen molar-refractivity contribution < 1.29 is 4.48 Å². The predicted octanol–water partition coefficient (Wildman–Crippen LogP) is 2.55. The van der Waals surface area contributed by atoms with E-state index in [2.05, 4.69) is 24.7 Å². The second kappa shape index (κ2) is 4.15. The van der Waals surface area contributed by atoms with E-state index in [-0.39, 0.29) is 0 Å². The minimum absolute atomic E-state index is 0.608. The first-order valence-electron chi connectivity index (χ1n) is 5.61. The molecule has 1 aromatic heterocycles. The fraction of sp³-hybridized carbons (Fsp3) is 0.462. The lowest BCUT2D eigenvalue weighted by Crippen LogP contribution is -2.43. The molecule has 1 aromatic rings. The van der Waals surface area contributed by atoms with Gasteiger partial charge in [0.25, 0.3) is 0 Å². The van der Waals surface area contributed by atoms with Crippen molar-refractivity contribution in [2.24, 2.45) is 0 Å². The molecule has 0 spiro atoms. The Balaban J connectivity index is 2.25. The molecule has 2 unspecified atom stereocenters. The number of likely N-dealkylation sites (tertiary alicyclic amines) is 1. The van der Waals surface area contributed by atoms with Crippen LogP contribution in [0.2, 0.25) is 0 Å². The summed E-state index contributed by atoms with van der Waals surface area (Å²) < 4.78 is 1.09. The quantitative estimate of drug-likeness (QED) is 0.543. The number of hydrogen-bond acceptors (Lipinski definition) is 1. The van der Waals surface area contributed by atoms with Gasteiger partial charge in [0.1, 0.15) is 6.04 Å². The summed E-state index contributed by atoms with van der Waals surface area (Å²) in [6.07, 6.45) is 8.47. The van der Waals surface area contributed by atoms with Crippen LogP contribution in [0.1, 0.15) is 24.4 Å². The van der Waals surface area contributed by atoms with Crippen LogP contribution in [0.15, 0.2) is 37.2 Å². The molecule has 1 aliphatic heterocycles. The molecule has 0 N–H and O–H groups in total. The first-order chi connectivity index (χ1) is 7.26. The minimum Gasteiger partial charge on any atom is -0.317 e. The number of pyridine rings is 1. The lowest BCUT2D eigenvalue weighted by atomic mass is 10.1. The largest absolute Gasteiger partial charge is 0.317 e. The van der Waals surface area contributed by atoms with Gasteiger partial charge >= 0.3 is 0 Å². The highest BCUT2D eigenvalue weighted by Gasteiger charge is 2.37. The maximum Gasteiger partial charge on any atom is 0.116 e. The van der Waals surface area contributed by atoms with Crippen molar-refractivity contribution in [2.45, 2.75) is 18.9 Å². The molecule has 2 heteroatoms. The van der Waals surface area contributed by atoms with Crippen molar-refractivity contribution in [1.29, 1.82) is 0 Å². The number of likely N-dealkylation sites (N-methyl/N-ethyl adjacent to an activating group) is 1. The third-order valence-electron chi connectivity index (χ3n) is 3.51. The average Bonchev–Trinajstić information content (AvgIpc) is 2.62. The van der Waals surface area contributed by atoms with Gasteiger partial charge in [-0.3, -0.25) is 4.98 Å². The summed E-state index contributed by atoms with van der Waals surface area (Å²) >= 11 is 0. The Morgan fingerprint density at radius 3 is 3.20 bits per heavy atom. The molecule has 1 aliphatic rings. The van der Waals surface area contributed by atoms with Crippen molar-refractivity contribution in [3.05, 3.63) is 42.7 Å². The topological polar surface area (TPSA) is 12.9 Å². The van der Waals surface area contributed by atoms with Crippen LogP contribution in [0.4, 0.5) is 0 Å². The van der Waals surface area contributed by atoms with Crippen molar-refractivity contribution in [3.8, 4) is 0 Å². The van der Waals surface area contributed by atoms with Crippen molar-refractivity contribution in [3.63, 3.8) is 0 Å². The maximum absolute atomic E-state index is 4.22. The maximum atomic E-state index is 4.22. The number of hydrogen-bond donors (Lipinski definition) is 0. The molecule has 2 heterocycles. The van der Waals surface area contributed by atoms with Gasteiger partial charge < -0.3 is 4.48 Å². The SMILES string of the molecule is C=CC[N+]1(C)CCCC1c1cccnc1. The molecule has 0 aromatic carbocycles. The summed E-state index contributed by atoms with van der Waals surface area (Å²) in [5.41, 5.74) is 1.37. The van der Waals surface area contributed by atoms with Crippen LogP contribution in [0.25, 0.3) is 0 Å². The Morgan fingerprint density at radius 2 is 2.53 bits per heavy atom. The molecule has 1 fully saturated rings. The van der Waals surface area contributed by atoms with Gasteiger partial charge in [0.2, 0.25) is 0 Å². The smallest absolute Gasteiger partial charge is 0.116 e. The Bertz CT molecular complexity index is 334. The van der Waals surface area contributed by atoms with E-state index in [4.69, 9.17) is 0 Å². The lowest BCUT2D eigenvalue weighted by Gasteiger charge is -2.35. The van der Waals surface area contributed by atoms with E-state index in [9.17, 15) is 0 Å². The standard InChI is InChI=1S/C13H19N2/c1-3-9-15(2)10-5-7-13(15)12-6-4-8-14-11-12/h3-4,6,8,11,13H,1,5,7,9-10H2,2H3/q+1. The second-order valence-electron chi connectivity index (χ2n) is 4.62. The predicted molar refractivity (Wildman–Crippen MR) is 62.3 cm³/mol. The van der Waals surface area contributed by atoms with Gasteiger partial charge in [-0.2, -0.15) is 0 Å². The van der Waals surface area contributed by atoms with Crippen LogP contribution < -0.4 is 0 Å². The summed E-state index contributed by atoms with van der Waals surface area (Å²) in [5, 5.41) is 0. The zero-order valence-electron chi connectivity index (χ0n) is 9.39. The van der Waals surface area contributed by atoms with E-state index in [1.165, 1.54) is 24.9 Å². The Morgan fingerprint density at radius 1 is 1.67 bits per heavy atom. The van der Waals surface area contributed by atoms with E-state index in [0.29, 0.717) is 6.04 Å². The van der Waals surface area contributed by atoms with E-state index < -0.39 is 0 Å². The van der Waals surface area contributed by atoms with Crippen LogP contribution >= 0.6 is 0 Å². The van der Waals surface area contributed by atoms with Crippen LogP contribution in [0, 0.1) is 0 Å². The number of aromatic nitrogens is 1. The van der Waals surface area contributed by atoms with Crippen molar-refractivity contribution >= 4 is 0 Å². The second-order valence-corrected chi connectivity index (χ2v) is 4.62. The molecule has 2 rings (SSSR count). The van der Waals surface area contributed by atoms with E-state index in [0.717, 1.165) is 11.0 Å². The molecular weight excluding hydrogens is 184 g/mol. The number of rotatable bonds is 3. The molecule has 1 saturated heterocycles. The lowest BCUT2D eigenvalue weighted by molar-refractivity contribution is -0.921. The van der Waals surface area contributed by atoms with Gasteiger partial charge in [0.15, 0.2) is 0 Å². The molecular formula is C13H19N2+. The summed E-state index contributed by atoms with van der Waals surface area (Å²) in [4.78, 5) is 4.22. The molecule has 0 aliphatic carbocycles. The van der Waals surface area contributed by atoms with Crippen LogP contribution in [-0.4, -0.2) is 29.6 Å². The minimum atomic E-state index is 0.608. The van der Waals surface area contributed by atoms with Gasteiger partial charge in [-0.05, 0) is 12.1 Å². The zero-order valence-corrected chi connectivity index (χ0v) is 9.39. The highest BCUT2D eigenvalue weighted by molar-refractivity contribution is 5.12. The summed E-state index contributed by atoms with van der Waals surface area (Å²) in [5.74, 6) is 0. The Hall–Kier alpha value is -1.15. The molecule has 15 heavy (non-hydrogen) atoms. The highest BCUT2D eigenvalue weighted by atomic mass is 15.4. The summed E-state index contributed by atoms with van der Waals surface area (Å²) in [6, 6.07) is 4.84. The fourth-order valence-electron chi connectivity index (χ4n) is 2.73. The van der Waals surface area contributed by atoms with Gasteiger partial charge in [-0.1, -0.05) is 12.6 Å². The van der Waals surface area contributed by atoms with E-state index >= 15 is 0 Å². The highest BCUT2D eigenvalue weighted by Crippen LogP contribution is 2.36. The molecule has 0 saturated carbocycles. The number of quaternary nitrogens is 1. The monoisotopic (exact) mass is 203 g/mol. The van der Waals surface area contributed by atoms with Crippen LogP contribution in [0.3, 0.4) is 0 Å². The first kappa shape index (κ1) is 10.4. The summed E-state index contributed by atoms with van der Waals surface area (Å²) in [6.45, 7) is 6.18. The third-order valence-corrected chi connectivity index (χ3v) is 3.51. The van der Waals surface area contributed by atoms with E-state index in [1.807, 2.05) is 24.5 Å². The zero-order chi connectivity index (χ0) is 10.7. The molecule has 2 atom stereocenters. The Labute approximate surface area is 91.8 Å². The van der Waals surface area contributed by atoms with Gasteiger partial charge in [0, 0.05) is 30.8 Å². The molecule has 80 valence electrons. The van der Waals surface area contributed by atoms with Gasteiger partial charge in [-0.25, -0.2) is 0 Å². The summed E-state index contributed by atoms with van der Waals surface area (Å²) in [7, 11) is 2.33. The number of nitrogens with zero attached hydrogens (tertiary/aromatic N) is 2. The Kier molecular flexibility index (Phi) is 2.87. The third kappa shape index (κ3) is 1.95. The van der Waals surface area contributed by atoms with Crippen molar-refractivity contribution in [1.82, 2.24) is 4.98 Å². The van der Waals surface area contributed by atoms with Crippen LogP contribution in [0.5, 0.6) is 0 Å². The molecule has 0 radical (unpaired) electrons. The van der Waals surface area contributed by atoms with E-state index in [1.54, 1.807) is 0 Å². The average molecular weight is 203 g/mol. The van der Waals surface area contributed by atoms with Gasteiger partial charge in [0.05, 0.1) is 20.1 Å². The van der Waals surface area contributed by atoms with Gasteiger partial charge in [-0.15, -0.1) is 0 Å². The normalized spacial score (nSPS) is 30.3.